The SMILES string of the molecule is CCC[C@H]1c2ccccc2CCN1C(=O)Cn1ccc([N+](=O)[O-])n1. The summed E-state index contributed by atoms with van der Waals surface area (Å²) in [4.78, 5) is 24.8. The molecule has 0 bridgehead atoms. The van der Waals surface area contributed by atoms with Crippen LogP contribution in [-0.2, 0) is 17.8 Å². The number of carbonyl (C=O) groups is 1. The molecule has 1 aromatic heterocycles. The van der Waals surface area contributed by atoms with Gasteiger partial charge in [0.2, 0.25) is 5.91 Å². The second-order valence-corrected chi connectivity index (χ2v) is 5.97. The highest BCUT2D eigenvalue weighted by molar-refractivity contribution is 5.77. The zero-order valence-corrected chi connectivity index (χ0v) is 13.6. The number of nitro groups is 1. The molecular formula is C17H20N4O3. The zero-order valence-electron chi connectivity index (χ0n) is 13.6. The average Bonchev–Trinajstić information content (AvgIpc) is 3.04. The maximum absolute atomic E-state index is 12.7. The highest BCUT2D eigenvalue weighted by Gasteiger charge is 2.30. The highest BCUT2D eigenvalue weighted by Crippen LogP contribution is 2.33. The van der Waals surface area contributed by atoms with Crippen molar-refractivity contribution in [1.29, 1.82) is 0 Å². The Morgan fingerprint density at radius 2 is 2.17 bits per heavy atom. The third-order valence-electron chi connectivity index (χ3n) is 4.41. The van der Waals surface area contributed by atoms with Gasteiger partial charge in [-0.3, -0.25) is 4.79 Å². The summed E-state index contributed by atoms with van der Waals surface area (Å²) in [5, 5.41) is 14.5. The fraction of sp³-hybridized carbons (Fsp3) is 0.412. The fourth-order valence-corrected chi connectivity index (χ4v) is 3.30. The van der Waals surface area contributed by atoms with Crippen molar-refractivity contribution in [1.82, 2.24) is 14.7 Å². The molecule has 1 aliphatic heterocycles. The Balaban J connectivity index is 1.79. The minimum Gasteiger partial charge on any atom is -0.358 e. The van der Waals surface area contributed by atoms with Crippen LogP contribution in [0.15, 0.2) is 36.5 Å². The topological polar surface area (TPSA) is 81.3 Å². The van der Waals surface area contributed by atoms with Gasteiger partial charge < -0.3 is 15.0 Å². The van der Waals surface area contributed by atoms with Crippen molar-refractivity contribution in [3.63, 3.8) is 0 Å². The molecule has 0 unspecified atom stereocenters. The van der Waals surface area contributed by atoms with Gasteiger partial charge in [-0.1, -0.05) is 37.6 Å². The van der Waals surface area contributed by atoms with Gasteiger partial charge in [-0.15, -0.1) is 0 Å². The van der Waals surface area contributed by atoms with Crippen molar-refractivity contribution < 1.29 is 9.72 Å². The monoisotopic (exact) mass is 328 g/mol. The summed E-state index contributed by atoms with van der Waals surface area (Å²) in [5.41, 5.74) is 2.51. The lowest BCUT2D eigenvalue weighted by Crippen LogP contribution is -2.41. The molecule has 7 nitrogen and oxygen atoms in total. The number of carbonyl (C=O) groups excluding carboxylic acids is 1. The number of aromatic nitrogens is 2. The van der Waals surface area contributed by atoms with E-state index in [1.807, 2.05) is 17.0 Å². The van der Waals surface area contributed by atoms with Gasteiger partial charge >= 0.3 is 5.82 Å². The molecule has 2 heterocycles. The molecule has 0 spiro atoms. The Bertz CT molecular complexity index is 756. The zero-order chi connectivity index (χ0) is 17.1. The molecule has 1 atom stereocenters. The first-order chi connectivity index (χ1) is 11.6. The Morgan fingerprint density at radius 1 is 1.38 bits per heavy atom. The second-order valence-electron chi connectivity index (χ2n) is 5.97. The summed E-state index contributed by atoms with van der Waals surface area (Å²) in [6.45, 7) is 2.80. The van der Waals surface area contributed by atoms with E-state index in [0.29, 0.717) is 6.54 Å². The van der Waals surface area contributed by atoms with Crippen LogP contribution >= 0.6 is 0 Å². The van der Waals surface area contributed by atoms with E-state index in [4.69, 9.17) is 0 Å². The molecule has 126 valence electrons. The van der Waals surface area contributed by atoms with E-state index >= 15 is 0 Å². The summed E-state index contributed by atoms with van der Waals surface area (Å²) in [5.74, 6) is -0.294. The van der Waals surface area contributed by atoms with E-state index in [-0.39, 0.29) is 24.3 Å². The summed E-state index contributed by atoms with van der Waals surface area (Å²) in [6, 6.07) is 9.62. The van der Waals surface area contributed by atoms with Crippen LogP contribution in [0, 0.1) is 10.1 Å². The van der Waals surface area contributed by atoms with Crippen LogP contribution in [-0.4, -0.2) is 32.1 Å². The first kappa shape index (κ1) is 16.2. The minimum absolute atomic E-state index is 0.0240. The Hall–Kier alpha value is -2.70. The maximum Gasteiger partial charge on any atom is 0.389 e. The van der Waals surface area contributed by atoms with E-state index in [0.717, 1.165) is 19.3 Å². The molecule has 0 aliphatic carbocycles. The van der Waals surface area contributed by atoms with Crippen LogP contribution in [0.4, 0.5) is 5.82 Å². The predicted molar refractivity (Wildman–Crippen MR) is 88.4 cm³/mol. The molecule has 24 heavy (non-hydrogen) atoms. The quantitative estimate of drug-likeness (QED) is 0.624. The van der Waals surface area contributed by atoms with Gasteiger partial charge in [-0.25, -0.2) is 0 Å². The van der Waals surface area contributed by atoms with Crippen molar-refractivity contribution in [2.75, 3.05) is 6.54 Å². The van der Waals surface area contributed by atoms with Gasteiger partial charge in [0.1, 0.15) is 6.54 Å². The van der Waals surface area contributed by atoms with Gasteiger partial charge in [0.15, 0.2) is 0 Å². The van der Waals surface area contributed by atoms with Crippen LogP contribution in [0.5, 0.6) is 0 Å². The fourth-order valence-electron chi connectivity index (χ4n) is 3.30. The third-order valence-corrected chi connectivity index (χ3v) is 4.41. The van der Waals surface area contributed by atoms with Crippen LogP contribution < -0.4 is 0 Å². The summed E-state index contributed by atoms with van der Waals surface area (Å²) in [6.07, 6.45) is 4.20. The minimum atomic E-state index is -0.558. The second kappa shape index (κ2) is 6.82. The first-order valence-electron chi connectivity index (χ1n) is 8.15. The van der Waals surface area contributed by atoms with Crippen LogP contribution in [0.25, 0.3) is 0 Å². The molecule has 7 heteroatoms. The predicted octanol–water partition coefficient (Wildman–Crippen LogP) is 2.72. The lowest BCUT2D eigenvalue weighted by atomic mass is 9.90. The lowest BCUT2D eigenvalue weighted by molar-refractivity contribution is -0.389. The summed E-state index contributed by atoms with van der Waals surface area (Å²) < 4.78 is 1.34. The van der Waals surface area contributed by atoms with Gasteiger partial charge in [0.25, 0.3) is 0 Å². The number of nitrogens with zero attached hydrogens (tertiary/aromatic N) is 4. The van der Waals surface area contributed by atoms with E-state index in [9.17, 15) is 14.9 Å². The summed E-state index contributed by atoms with van der Waals surface area (Å²) in [7, 11) is 0. The number of benzene rings is 1. The van der Waals surface area contributed by atoms with Crippen LogP contribution in [0.1, 0.15) is 36.9 Å². The van der Waals surface area contributed by atoms with Crippen molar-refractivity contribution in [3.8, 4) is 0 Å². The molecule has 0 radical (unpaired) electrons. The van der Waals surface area contributed by atoms with Gasteiger partial charge in [0.05, 0.1) is 23.4 Å². The molecule has 0 N–H and O–H groups in total. The third kappa shape index (κ3) is 3.15. The molecule has 1 aromatic carbocycles. The van der Waals surface area contributed by atoms with E-state index < -0.39 is 4.92 Å². The number of rotatable bonds is 5. The van der Waals surface area contributed by atoms with E-state index in [1.54, 1.807) is 0 Å². The molecule has 3 rings (SSSR count). The number of fused-ring (bicyclic) bond motifs is 1. The summed E-state index contributed by atoms with van der Waals surface area (Å²) >= 11 is 0. The van der Waals surface area contributed by atoms with Crippen LogP contribution in [0.2, 0.25) is 0 Å². The lowest BCUT2D eigenvalue weighted by Gasteiger charge is -2.37. The molecule has 0 saturated heterocycles. The van der Waals surface area contributed by atoms with Crippen molar-refractivity contribution >= 4 is 11.7 Å². The molecule has 1 amide bonds. The molecule has 0 saturated carbocycles. The Kier molecular flexibility index (Phi) is 4.59. The normalized spacial score (nSPS) is 16.7. The van der Waals surface area contributed by atoms with E-state index in [2.05, 4.69) is 24.2 Å². The van der Waals surface area contributed by atoms with Crippen LogP contribution in [0.3, 0.4) is 0 Å². The van der Waals surface area contributed by atoms with Gasteiger partial charge in [-0.05, 0) is 28.9 Å². The van der Waals surface area contributed by atoms with E-state index in [1.165, 1.54) is 28.1 Å². The molecular weight excluding hydrogens is 308 g/mol. The Labute approximate surface area is 140 Å². The number of amides is 1. The van der Waals surface area contributed by atoms with Crippen molar-refractivity contribution in [2.45, 2.75) is 38.8 Å². The first-order valence-corrected chi connectivity index (χ1v) is 8.15. The maximum atomic E-state index is 12.7. The average molecular weight is 328 g/mol. The molecule has 2 aromatic rings. The number of hydrogen-bond acceptors (Lipinski definition) is 4. The standard InChI is InChI=1S/C17H20N4O3/c1-2-5-15-14-7-4-3-6-13(14)8-11-20(15)17(22)12-19-10-9-16(18-19)21(23)24/h3-4,6-7,9-10,15H,2,5,8,11-12H2,1H3/t15-/m0/s1. The number of hydrogen-bond donors (Lipinski definition) is 0. The largest absolute Gasteiger partial charge is 0.389 e. The Morgan fingerprint density at radius 3 is 2.88 bits per heavy atom. The van der Waals surface area contributed by atoms with Crippen molar-refractivity contribution in [2.24, 2.45) is 0 Å². The highest BCUT2D eigenvalue weighted by atomic mass is 16.6. The molecule has 1 aliphatic rings. The smallest absolute Gasteiger partial charge is 0.358 e. The van der Waals surface area contributed by atoms with Gasteiger partial charge in [-0.2, -0.15) is 4.68 Å². The van der Waals surface area contributed by atoms with Crippen molar-refractivity contribution in [3.05, 3.63) is 57.8 Å². The molecule has 0 fully saturated rings. The van der Waals surface area contributed by atoms with Gasteiger partial charge in [0, 0.05) is 6.54 Å².